The molecule has 0 saturated carbocycles. The Hall–Kier alpha value is -3.82. The second kappa shape index (κ2) is 9.13. The molecule has 13 heteroatoms. The molecule has 170 valence electrons. The summed E-state index contributed by atoms with van der Waals surface area (Å²) in [5.74, 6) is -1.89. The van der Waals surface area contributed by atoms with Crippen LogP contribution in [0.5, 0.6) is 0 Å². The SMILES string of the molecule is N#C[C@@H]1CCN(C(=O)OCC(F)(F)F)CC1n1cc(C(N)=O)c(Nc2ccc(F)cc2)n1. The number of carbonyl (C=O) groups excluding carboxylic acids is 2. The number of rotatable bonds is 5. The van der Waals surface area contributed by atoms with Crippen LogP contribution in [0.2, 0.25) is 0 Å². The highest BCUT2D eigenvalue weighted by molar-refractivity contribution is 5.98. The zero-order chi connectivity index (χ0) is 23.5. The fourth-order valence-electron chi connectivity index (χ4n) is 3.26. The van der Waals surface area contributed by atoms with E-state index < -0.39 is 42.6 Å². The lowest BCUT2D eigenvalue weighted by Gasteiger charge is -2.35. The fourth-order valence-corrected chi connectivity index (χ4v) is 3.26. The third kappa shape index (κ3) is 5.45. The topological polar surface area (TPSA) is 126 Å². The number of primary amides is 1. The zero-order valence-electron chi connectivity index (χ0n) is 16.5. The number of piperidine rings is 1. The first kappa shape index (κ1) is 22.9. The maximum Gasteiger partial charge on any atom is 0.422 e. The molecular weight excluding hydrogens is 436 g/mol. The van der Waals surface area contributed by atoms with Crippen molar-refractivity contribution in [2.75, 3.05) is 25.0 Å². The van der Waals surface area contributed by atoms with Crippen LogP contribution in [0.15, 0.2) is 30.5 Å². The molecule has 1 aromatic heterocycles. The minimum Gasteiger partial charge on any atom is -0.440 e. The molecule has 9 nitrogen and oxygen atoms in total. The summed E-state index contributed by atoms with van der Waals surface area (Å²) in [7, 11) is 0. The Bertz CT molecular complexity index is 1030. The molecular formula is C19H18F4N6O3. The molecule has 0 spiro atoms. The normalized spacial score (nSPS) is 18.7. The average molecular weight is 454 g/mol. The lowest BCUT2D eigenvalue weighted by atomic mass is 9.93. The Morgan fingerprint density at radius 3 is 2.59 bits per heavy atom. The standard InChI is InChI=1S/C19H18F4N6O3/c20-12-1-3-13(4-2-12)26-17-14(16(25)30)8-29(27-17)15-9-28(6-5-11(15)7-24)18(31)32-10-19(21,22)23/h1-4,8,11,15H,5-6,9-10H2,(H2,25,30)(H,26,27)/t11-,15?/m0/s1. The van der Waals surface area contributed by atoms with E-state index in [1.807, 2.05) is 0 Å². The number of nitrogens with one attached hydrogen (secondary N) is 1. The van der Waals surface area contributed by atoms with Gasteiger partial charge in [-0.3, -0.25) is 9.48 Å². The molecule has 0 bridgehead atoms. The number of nitrogens with two attached hydrogens (primary N) is 1. The number of likely N-dealkylation sites (tertiary alicyclic amines) is 1. The molecule has 2 heterocycles. The molecule has 1 saturated heterocycles. The van der Waals surface area contributed by atoms with Crippen molar-refractivity contribution in [2.24, 2.45) is 11.7 Å². The quantitative estimate of drug-likeness (QED) is 0.669. The van der Waals surface area contributed by atoms with Crippen molar-refractivity contribution in [1.82, 2.24) is 14.7 Å². The summed E-state index contributed by atoms with van der Waals surface area (Å²) < 4.78 is 55.7. The summed E-state index contributed by atoms with van der Waals surface area (Å²) in [4.78, 5) is 25.0. The maximum atomic E-state index is 13.1. The lowest BCUT2D eigenvalue weighted by molar-refractivity contribution is -0.162. The van der Waals surface area contributed by atoms with Gasteiger partial charge in [0.2, 0.25) is 0 Å². The smallest absolute Gasteiger partial charge is 0.422 e. The van der Waals surface area contributed by atoms with Crippen molar-refractivity contribution >= 4 is 23.5 Å². The molecule has 1 aromatic carbocycles. The molecule has 3 N–H and O–H groups in total. The molecule has 1 unspecified atom stereocenters. The van der Waals surface area contributed by atoms with Gasteiger partial charge in [0, 0.05) is 25.0 Å². The number of amides is 2. The van der Waals surface area contributed by atoms with Crippen LogP contribution >= 0.6 is 0 Å². The summed E-state index contributed by atoms with van der Waals surface area (Å²) in [6.45, 7) is -1.87. The summed E-state index contributed by atoms with van der Waals surface area (Å²) in [5, 5.41) is 16.6. The van der Waals surface area contributed by atoms with Gasteiger partial charge in [0.05, 0.1) is 18.0 Å². The predicted molar refractivity (Wildman–Crippen MR) is 102 cm³/mol. The fraction of sp³-hybridized carbons (Fsp3) is 0.368. The third-order valence-corrected chi connectivity index (χ3v) is 4.81. The van der Waals surface area contributed by atoms with Gasteiger partial charge < -0.3 is 20.7 Å². The molecule has 0 radical (unpaired) electrons. The number of anilines is 2. The highest BCUT2D eigenvalue weighted by atomic mass is 19.4. The Labute approximate surface area is 179 Å². The van der Waals surface area contributed by atoms with Crippen molar-refractivity contribution in [3.05, 3.63) is 41.8 Å². The summed E-state index contributed by atoms with van der Waals surface area (Å²) in [6, 6.07) is 6.53. The van der Waals surface area contributed by atoms with Gasteiger partial charge in [0.15, 0.2) is 12.4 Å². The summed E-state index contributed by atoms with van der Waals surface area (Å²) >= 11 is 0. The second-order valence-corrected chi connectivity index (χ2v) is 7.07. The zero-order valence-corrected chi connectivity index (χ0v) is 16.5. The number of alkyl halides is 3. The van der Waals surface area contributed by atoms with Gasteiger partial charge in [0.1, 0.15) is 11.4 Å². The maximum absolute atomic E-state index is 13.1. The average Bonchev–Trinajstić information content (AvgIpc) is 3.16. The van der Waals surface area contributed by atoms with Crippen LogP contribution in [0.3, 0.4) is 0 Å². The monoisotopic (exact) mass is 454 g/mol. The minimum atomic E-state index is -4.67. The van der Waals surface area contributed by atoms with Gasteiger partial charge in [-0.1, -0.05) is 0 Å². The van der Waals surface area contributed by atoms with E-state index >= 15 is 0 Å². The van der Waals surface area contributed by atoms with Crippen molar-refractivity contribution in [3.8, 4) is 6.07 Å². The number of benzene rings is 1. The van der Waals surface area contributed by atoms with Gasteiger partial charge >= 0.3 is 12.3 Å². The second-order valence-electron chi connectivity index (χ2n) is 7.07. The number of ether oxygens (including phenoxy) is 1. The van der Waals surface area contributed by atoms with Crippen LogP contribution in [0.25, 0.3) is 0 Å². The van der Waals surface area contributed by atoms with Crippen LogP contribution in [0.1, 0.15) is 22.8 Å². The van der Waals surface area contributed by atoms with E-state index in [0.717, 1.165) is 4.90 Å². The van der Waals surface area contributed by atoms with Gasteiger partial charge in [-0.25, -0.2) is 9.18 Å². The number of halogens is 4. The summed E-state index contributed by atoms with van der Waals surface area (Å²) in [6.07, 6.45) is -4.39. The number of aromatic nitrogens is 2. The largest absolute Gasteiger partial charge is 0.440 e. The number of carbonyl (C=O) groups is 2. The van der Waals surface area contributed by atoms with Crippen LogP contribution in [0, 0.1) is 23.1 Å². The van der Waals surface area contributed by atoms with Crippen LogP contribution in [-0.4, -0.2) is 52.6 Å². The molecule has 2 amide bonds. The lowest BCUT2D eigenvalue weighted by Crippen LogP contribution is -2.45. The molecule has 2 aromatic rings. The molecule has 2 atom stereocenters. The van der Waals surface area contributed by atoms with E-state index in [1.165, 1.54) is 35.1 Å². The van der Waals surface area contributed by atoms with E-state index in [1.54, 1.807) is 0 Å². The number of hydrogen-bond acceptors (Lipinski definition) is 6. The van der Waals surface area contributed by atoms with E-state index in [2.05, 4.69) is 21.2 Å². The van der Waals surface area contributed by atoms with Gasteiger partial charge in [-0.05, 0) is 30.7 Å². The predicted octanol–water partition coefficient (Wildman–Crippen LogP) is 2.95. The van der Waals surface area contributed by atoms with E-state index in [0.29, 0.717) is 5.69 Å². The van der Waals surface area contributed by atoms with Gasteiger partial charge in [-0.15, -0.1) is 0 Å². The first-order valence-corrected chi connectivity index (χ1v) is 9.37. The Morgan fingerprint density at radius 1 is 1.31 bits per heavy atom. The van der Waals surface area contributed by atoms with Crippen molar-refractivity contribution in [3.63, 3.8) is 0 Å². The van der Waals surface area contributed by atoms with Crippen molar-refractivity contribution in [1.29, 1.82) is 5.26 Å². The Morgan fingerprint density at radius 2 is 2.00 bits per heavy atom. The minimum absolute atomic E-state index is 0.0239. The number of nitriles is 1. The molecule has 3 rings (SSSR count). The van der Waals surface area contributed by atoms with E-state index in [4.69, 9.17) is 5.73 Å². The van der Waals surface area contributed by atoms with E-state index in [9.17, 15) is 32.4 Å². The first-order valence-electron chi connectivity index (χ1n) is 9.37. The van der Waals surface area contributed by atoms with Crippen LogP contribution < -0.4 is 11.1 Å². The number of nitrogens with zero attached hydrogens (tertiary/aromatic N) is 4. The first-order chi connectivity index (χ1) is 15.1. The molecule has 32 heavy (non-hydrogen) atoms. The molecule has 1 fully saturated rings. The Balaban J connectivity index is 1.83. The molecule has 1 aliphatic rings. The molecule has 1 aliphatic heterocycles. The summed E-state index contributed by atoms with van der Waals surface area (Å²) in [5.41, 5.74) is 5.80. The molecule has 0 aliphatic carbocycles. The highest BCUT2D eigenvalue weighted by Crippen LogP contribution is 2.30. The van der Waals surface area contributed by atoms with Crippen LogP contribution in [0.4, 0.5) is 33.9 Å². The van der Waals surface area contributed by atoms with Gasteiger partial charge in [0.25, 0.3) is 5.91 Å². The third-order valence-electron chi connectivity index (χ3n) is 4.81. The van der Waals surface area contributed by atoms with Crippen LogP contribution in [-0.2, 0) is 4.74 Å². The van der Waals surface area contributed by atoms with E-state index in [-0.39, 0.29) is 30.9 Å². The van der Waals surface area contributed by atoms with Crippen molar-refractivity contribution in [2.45, 2.75) is 18.6 Å². The van der Waals surface area contributed by atoms with Crippen molar-refractivity contribution < 1.29 is 31.9 Å². The Kier molecular flexibility index (Phi) is 6.52. The highest BCUT2D eigenvalue weighted by Gasteiger charge is 2.37. The van der Waals surface area contributed by atoms with Gasteiger partial charge in [-0.2, -0.15) is 23.5 Å². The number of hydrogen-bond donors (Lipinski definition) is 2.